The number of aryl methyl sites for hydroxylation is 1. The first-order valence-electron chi connectivity index (χ1n) is 12.5. The van der Waals surface area contributed by atoms with Gasteiger partial charge >= 0.3 is 0 Å². The Kier molecular flexibility index (Phi) is 6.74. The van der Waals surface area contributed by atoms with Gasteiger partial charge in [0.25, 0.3) is 0 Å². The van der Waals surface area contributed by atoms with Gasteiger partial charge in [-0.25, -0.2) is 0 Å². The molecule has 0 unspecified atom stereocenters. The van der Waals surface area contributed by atoms with Crippen molar-refractivity contribution in [1.29, 1.82) is 0 Å². The summed E-state index contributed by atoms with van der Waals surface area (Å²) in [5, 5.41) is 39.0. The van der Waals surface area contributed by atoms with Crippen LogP contribution < -0.4 is 4.74 Å². The lowest BCUT2D eigenvalue weighted by Crippen LogP contribution is -2.59. The minimum atomic E-state index is -1.46. The topological polar surface area (TPSA) is 126 Å². The van der Waals surface area contributed by atoms with E-state index in [4.69, 9.17) is 14.2 Å². The van der Waals surface area contributed by atoms with E-state index in [1.807, 2.05) is 6.07 Å². The maximum Gasteiger partial charge on any atom is 0.186 e. The molecule has 4 aliphatic rings. The molecule has 1 aromatic carbocycles. The molecular formula is C26H36O8. The highest BCUT2D eigenvalue weighted by Gasteiger charge is 2.54. The maximum atomic E-state index is 12.5. The van der Waals surface area contributed by atoms with E-state index >= 15 is 0 Å². The molecule has 188 valence electrons. The Morgan fingerprint density at radius 1 is 1.06 bits per heavy atom. The quantitative estimate of drug-likeness (QED) is 0.453. The molecule has 3 aliphatic carbocycles. The first-order chi connectivity index (χ1) is 16.3. The lowest BCUT2D eigenvalue weighted by atomic mass is 9.55. The third-order valence-electron chi connectivity index (χ3n) is 8.89. The minimum absolute atomic E-state index is 0.108. The van der Waals surface area contributed by atoms with Crippen LogP contribution in [0.2, 0.25) is 0 Å². The second-order valence-electron chi connectivity index (χ2n) is 10.6. The molecule has 0 bridgehead atoms. The van der Waals surface area contributed by atoms with Crippen molar-refractivity contribution < 1.29 is 39.4 Å². The van der Waals surface area contributed by atoms with Crippen LogP contribution in [0.5, 0.6) is 5.75 Å². The normalized spacial score (nSPS) is 41.5. The largest absolute Gasteiger partial charge is 0.491 e. The van der Waals surface area contributed by atoms with Crippen molar-refractivity contribution in [3.8, 4) is 5.75 Å². The van der Waals surface area contributed by atoms with E-state index in [-0.39, 0.29) is 18.6 Å². The third-order valence-corrected chi connectivity index (χ3v) is 8.89. The Balaban J connectivity index is 1.16. The molecule has 34 heavy (non-hydrogen) atoms. The lowest BCUT2D eigenvalue weighted by molar-refractivity contribution is -0.301. The number of Topliss-reactive ketones (excluding diaryl/α,β-unsaturated/α-hetero) is 1. The molecule has 2 saturated carbocycles. The Morgan fingerprint density at radius 2 is 1.88 bits per heavy atom. The number of carbonyl (C=O) groups excluding carboxylic acids is 1. The Morgan fingerprint density at radius 3 is 2.68 bits per heavy atom. The number of hydrogen-bond donors (Lipinski definition) is 4. The number of rotatable bonds is 6. The average Bonchev–Trinajstić information content (AvgIpc) is 3.15. The summed E-state index contributed by atoms with van der Waals surface area (Å²) in [6.07, 6.45) is -0.454. The van der Waals surface area contributed by atoms with Gasteiger partial charge in [-0.15, -0.1) is 0 Å². The van der Waals surface area contributed by atoms with Gasteiger partial charge in [-0.1, -0.05) is 13.0 Å². The molecule has 0 radical (unpaired) electrons. The smallest absolute Gasteiger partial charge is 0.186 e. The van der Waals surface area contributed by atoms with E-state index in [0.29, 0.717) is 23.5 Å². The zero-order chi connectivity index (χ0) is 24.0. The van der Waals surface area contributed by atoms with Gasteiger partial charge in [0, 0.05) is 11.8 Å². The van der Waals surface area contributed by atoms with Crippen LogP contribution in [0.4, 0.5) is 0 Å². The zero-order valence-corrected chi connectivity index (χ0v) is 19.6. The molecule has 1 saturated heterocycles. The van der Waals surface area contributed by atoms with Crippen molar-refractivity contribution in [2.24, 2.45) is 17.3 Å². The maximum absolute atomic E-state index is 12.5. The third kappa shape index (κ3) is 4.08. The van der Waals surface area contributed by atoms with Crippen molar-refractivity contribution in [3.05, 3.63) is 29.3 Å². The van der Waals surface area contributed by atoms with Gasteiger partial charge in [0.1, 0.15) is 42.6 Å². The summed E-state index contributed by atoms with van der Waals surface area (Å²) < 4.78 is 16.7. The predicted octanol–water partition coefficient (Wildman–Crippen LogP) is 1.31. The van der Waals surface area contributed by atoms with Crippen molar-refractivity contribution in [1.82, 2.24) is 0 Å². The monoisotopic (exact) mass is 476 g/mol. The number of fused-ring (bicyclic) bond motifs is 5. The molecule has 0 aromatic heterocycles. The minimum Gasteiger partial charge on any atom is -0.491 e. The molecule has 3 fully saturated rings. The molecule has 1 aromatic rings. The Bertz CT molecular complexity index is 903. The highest BCUT2D eigenvalue weighted by atomic mass is 16.7. The summed E-state index contributed by atoms with van der Waals surface area (Å²) >= 11 is 0. The Labute approximate surface area is 199 Å². The second kappa shape index (κ2) is 9.48. The van der Waals surface area contributed by atoms with E-state index in [0.717, 1.165) is 44.3 Å². The second-order valence-corrected chi connectivity index (χ2v) is 10.6. The number of carbonyl (C=O) groups is 1. The highest BCUT2D eigenvalue weighted by molar-refractivity contribution is 5.87. The summed E-state index contributed by atoms with van der Waals surface area (Å²) in [5.41, 5.74) is 2.62. The van der Waals surface area contributed by atoms with Crippen molar-refractivity contribution in [3.63, 3.8) is 0 Å². The van der Waals surface area contributed by atoms with Crippen molar-refractivity contribution in [2.75, 3.05) is 19.8 Å². The van der Waals surface area contributed by atoms with Crippen LogP contribution in [-0.4, -0.2) is 76.7 Å². The van der Waals surface area contributed by atoms with E-state index in [1.165, 1.54) is 11.1 Å². The number of benzene rings is 1. The molecule has 8 heteroatoms. The van der Waals surface area contributed by atoms with Gasteiger partial charge in [-0.3, -0.25) is 4.79 Å². The van der Waals surface area contributed by atoms with Crippen LogP contribution in [0.25, 0.3) is 0 Å². The number of aliphatic hydroxyl groups is 4. The molecule has 8 nitrogen and oxygen atoms in total. The first kappa shape index (κ1) is 24.2. The predicted molar refractivity (Wildman–Crippen MR) is 121 cm³/mol. The fourth-order valence-electron chi connectivity index (χ4n) is 6.95. The number of hydrogen-bond acceptors (Lipinski definition) is 8. The highest BCUT2D eigenvalue weighted by Crippen LogP contribution is 2.59. The van der Waals surface area contributed by atoms with Gasteiger partial charge in [0.2, 0.25) is 0 Å². The molecule has 1 aliphatic heterocycles. The number of aliphatic hydroxyl groups excluding tert-OH is 4. The summed E-state index contributed by atoms with van der Waals surface area (Å²) in [4.78, 5) is 12.5. The lowest BCUT2D eigenvalue weighted by Gasteiger charge is -2.48. The van der Waals surface area contributed by atoms with E-state index < -0.39 is 37.3 Å². The molecule has 4 N–H and O–H groups in total. The van der Waals surface area contributed by atoms with Gasteiger partial charge in [0.05, 0.1) is 13.2 Å². The zero-order valence-electron chi connectivity index (χ0n) is 19.6. The van der Waals surface area contributed by atoms with E-state index in [9.17, 15) is 25.2 Å². The van der Waals surface area contributed by atoms with Gasteiger partial charge in [-0.2, -0.15) is 0 Å². The summed E-state index contributed by atoms with van der Waals surface area (Å²) in [6, 6.07) is 6.27. The molecular weight excluding hydrogens is 440 g/mol. The molecule has 0 spiro atoms. The number of ketones is 1. The van der Waals surface area contributed by atoms with Crippen LogP contribution in [0, 0.1) is 17.3 Å². The summed E-state index contributed by atoms with van der Waals surface area (Å²) in [5.74, 6) is 2.86. The van der Waals surface area contributed by atoms with Crippen molar-refractivity contribution in [2.45, 2.75) is 82.1 Å². The van der Waals surface area contributed by atoms with Crippen LogP contribution in [0.1, 0.15) is 56.1 Å². The summed E-state index contributed by atoms with van der Waals surface area (Å²) in [6.45, 7) is 2.04. The fourth-order valence-corrected chi connectivity index (χ4v) is 6.95. The number of ether oxygens (including phenoxy) is 3. The molecule has 5 rings (SSSR count). The molecule has 1 heterocycles. The molecule has 0 amide bonds. The van der Waals surface area contributed by atoms with Crippen LogP contribution in [0.15, 0.2) is 18.2 Å². The van der Waals surface area contributed by atoms with E-state index in [2.05, 4.69) is 19.1 Å². The van der Waals surface area contributed by atoms with Crippen LogP contribution in [-0.2, 0) is 20.7 Å². The fraction of sp³-hybridized carbons (Fsp3) is 0.731. The standard InChI is InChI=1S/C26H36O8/c1-26-9-8-17-16-5-3-15(12-14(16)2-4-18(17)19(26)6-7-21(26)28)32-10-11-33-25-24(31)23(30)22(29)20(13-27)34-25/h3,5,12,17-20,22-25,27,29-31H,2,4,6-11,13H2,1H3/t17-,18-,19+,20-,22-,23+,24-,25+,26+/m1/s1. The van der Waals surface area contributed by atoms with Gasteiger partial charge in [0.15, 0.2) is 6.29 Å². The Hall–Kier alpha value is -1.55. The van der Waals surface area contributed by atoms with Gasteiger partial charge < -0.3 is 34.6 Å². The van der Waals surface area contributed by atoms with Crippen LogP contribution >= 0.6 is 0 Å². The average molecular weight is 477 g/mol. The van der Waals surface area contributed by atoms with Crippen LogP contribution in [0.3, 0.4) is 0 Å². The van der Waals surface area contributed by atoms with Gasteiger partial charge in [-0.05, 0) is 73.1 Å². The first-order valence-corrected chi connectivity index (χ1v) is 12.5. The SMILES string of the molecule is C[C@]12CC[C@@H]3c4ccc(OCCO[C@H]5O[C@H](CO)[C@@H](O)[C@H](O)[C@H]5O)cc4CC[C@H]3[C@@H]1CCC2=O. The van der Waals surface area contributed by atoms with E-state index in [1.54, 1.807) is 0 Å². The van der Waals surface area contributed by atoms with Crippen molar-refractivity contribution >= 4 is 5.78 Å². The summed E-state index contributed by atoms with van der Waals surface area (Å²) in [7, 11) is 0. The molecule has 9 atom stereocenters.